The van der Waals surface area contributed by atoms with Gasteiger partial charge in [-0.15, -0.1) is 0 Å². The minimum atomic E-state index is -0.545. The van der Waals surface area contributed by atoms with Crippen molar-refractivity contribution in [2.45, 2.75) is 53.2 Å². The van der Waals surface area contributed by atoms with Gasteiger partial charge in [-0.1, -0.05) is 30.7 Å². The molecule has 1 amide bonds. The van der Waals surface area contributed by atoms with Crippen LogP contribution in [0.2, 0.25) is 0 Å². The van der Waals surface area contributed by atoms with Crippen molar-refractivity contribution in [1.29, 1.82) is 0 Å². The van der Waals surface area contributed by atoms with Crippen molar-refractivity contribution in [1.82, 2.24) is 0 Å². The first-order valence-corrected chi connectivity index (χ1v) is 8.70. The molecule has 0 saturated carbocycles. The summed E-state index contributed by atoms with van der Waals surface area (Å²) in [6.07, 6.45) is 0.125. The maximum atomic E-state index is 12.6. The minimum Gasteiger partial charge on any atom is -0.491 e. The lowest BCUT2D eigenvalue weighted by Crippen LogP contribution is -2.32. The van der Waals surface area contributed by atoms with Gasteiger partial charge in [0.25, 0.3) is 5.91 Å². The zero-order valence-corrected chi connectivity index (χ0v) is 15.6. The molecule has 0 aliphatic heterocycles. The van der Waals surface area contributed by atoms with E-state index >= 15 is 0 Å². The Morgan fingerprint density at radius 2 is 1.84 bits per heavy atom. The van der Waals surface area contributed by atoms with Crippen LogP contribution in [0.5, 0.6) is 11.5 Å². The summed E-state index contributed by atoms with van der Waals surface area (Å²) < 4.78 is 11.6. The summed E-state index contributed by atoms with van der Waals surface area (Å²) in [5.41, 5.74) is 2.90. The smallest absolute Gasteiger partial charge is 0.265 e. The van der Waals surface area contributed by atoms with Crippen LogP contribution in [0.15, 0.2) is 42.5 Å². The molecule has 25 heavy (non-hydrogen) atoms. The molecule has 0 aliphatic rings. The first-order chi connectivity index (χ1) is 11.9. The Morgan fingerprint density at radius 1 is 1.08 bits per heavy atom. The Balaban J connectivity index is 2.07. The highest BCUT2D eigenvalue weighted by atomic mass is 16.5. The van der Waals surface area contributed by atoms with E-state index < -0.39 is 6.10 Å². The summed E-state index contributed by atoms with van der Waals surface area (Å²) in [6, 6.07) is 13.3. The Hall–Kier alpha value is -2.49. The predicted octanol–water partition coefficient (Wildman–Crippen LogP) is 4.89. The van der Waals surface area contributed by atoms with Crippen LogP contribution in [0.4, 0.5) is 5.69 Å². The van der Waals surface area contributed by atoms with E-state index in [1.165, 1.54) is 5.56 Å². The molecule has 0 radical (unpaired) electrons. The molecule has 1 unspecified atom stereocenters. The number of aryl methyl sites for hydroxylation is 2. The second-order valence-corrected chi connectivity index (χ2v) is 6.47. The lowest BCUT2D eigenvalue weighted by Gasteiger charge is -2.19. The third-order valence-electron chi connectivity index (χ3n) is 3.74. The van der Waals surface area contributed by atoms with Crippen molar-refractivity contribution in [2.24, 2.45) is 0 Å². The number of carbonyl (C=O) groups excluding carboxylic acids is 1. The van der Waals surface area contributed by atoms with Gasteiger partial charge in [-0.25, -0.2) is 0 Å². The van der Waals surface area contributed by atoms with E-state index in [2.05, 4.69) is 5.32 Å². The van der Waals surface area contributed by atoms with Crippen molar-refractivity contribution < 1.29 is 14.3 Å². The van der Waals surface area contributed by atoms with Crippen LogP contribution in [0.3, 0.4) is 0 Å². The van der Waals surface area contributed by atoms with Crippen molar-refractivity contribution in [2.75, 3.05) is 5.32 Å². The zero-order chi connectivity index (χ0) is 18.4. The lowest BCUT2D eigenvalue weighted by molar-refractivity contribution is -0.122. The highest BCUT2D eigenvalue weighted by Crippen LogP contribution is 2.22. The third kappa shape index (κ3) is 5.52. The summed E-state index contributed by atoms with van der Waals surface area (Å²) >= 11 is 0. The van der Waals surface area contributed by atoms with E-state index in [1.807, 2.05) is 77.1 Å². The number of anilines is 1. The number of hydrogen-bond acceptors (Lipinski definition) is 3. The molecule has 4 nitrogen and oxygen atoms in total. The van der Waals surface area contributed by atoms with Gasteiger partial charge in [0, 0.05) is 11.8 Å². The summed E-state index contributed by atoms with van der Waals surface area (Å²) in [6.45, 7) is 9.89. The first-order valence-electron chi connectivity index (χ1n) is 8.70. The van der Waals surface area contributed by atoms with E-state index in [0.717, 1.165) is 17.1 Å². The number of benzene rings is 2. The molecule has 0 aliphatic carbocycles. The Kier molecular flexibility index (Phi) is 6.45. The van der Waals surface area contributed by atoms with Gasteiger partial charge in [-0.3, -0.25) is 4.79 Å². The average molecular weight is 341 g/mol. The topological polar surface area (TPSA) is 47.6 Å². The van der Waals surface area contributed by atoms with Gasteiger partial charge < -0.3 is 14.8 Å². The number of carbonyl (C=O) groups is 1. The quantitative estimate of drug-likeness (QED) is 0.780. The maximum Gasteiger partial charge on any atom is 0.265 e. The van der Waals surface area contributed by atoms with Crippen LogP contribution in [0.25, 0.3) is 0 Å². The SMILES string of the molecule is CCC(Oc1ccc(C)cc1C)C(=O)Nc1cccc(OC(C)C)c1. The van der Waals surface area contributed by atoms with Crippen molar-refractivity contribution in [3.8, 4) is 11.5 Å². The standard InChI is InChI=1S/C21H27NO3/c1-6-19(25-20-11-10-15(4)12-16(20)5)21(23)22-17-8-7-9-18(13-17)24-14(2)3/h7-14,19H,6H2,1-5H3,(H,22,23). The highest BCUT2D eigenvalue weighted by molar-refractivity contribution is 5.94. The summed E-state index contributed by atoms with van der Waals surface area (Å²) in [7, 11) is 0. The van der Waals surface area contributed by atoms with Gasteiger partial charge in [-0.05, 0) is 57.9 Å². The maximum absolute atomic E-state index is 12.6. The molecular weight excluding hydrogens is 314 g/mol. The molecule has 0 fully saturated rings. The molecule has 2 rings (SSSR count). The molecule has 0 spiro atoms. The van der Waals surface area contributed by atoms with Gasteiger partial charge in [0.2, 0.25) is 0 Å². The summed E-state index contributed by atoms with van der Waals surface area (Å²) in [4.78, 5) is 12.6. The predicted molar refractivity (Wildman–Crippen MR) is 101 cm³/mol. The molecule has 0 aromatic heterocycles. The Bertz CT molecular complexity index is 725. The Morgan fingerprint density at radius 3 is 2.48 bits per heavy atom. The highest BCUT2D eigenvalue weighted by Gasteiger charge is 2.19. The largest absolute Gasteiger partial charge is 0.491 e. The summed E-state index contributed by atoms with van der Waals surface area (Å²) in [5.74, 6) is 1.31. The van der Waals surface area contributed by atoms with Crippen LogP contribution in [-0.4, -0.2) is 18.1 Å². The van der Waals surface area contributed by atoms with Crippen LogP contribution >= 0.6 is 0 Å². The van der Waals surface area contributed by atoms with Crippen molar-refractivity contribution in [3.63, 3.8) is 0 Å². The fourth-order valence-corrected chi connectivity index (χ4v) is 2.55. The normalized spacial score (nSPS) is 11.9. The second kappa shape index (κ2) is 8.56. The number of rotatable bonds is 7. The Labute approximate surface area is 150 Å². The first kappa shape index (κ1) is 18.8. The number of hydrogen-bond donors (Lipinski definition) is 1. The lowest BCUT2D eigenvalue weighted by atomic mass is 10.1. The molecule has 2 aromatic carbocycles. The van der Waals surface area contributed by atoms with E-state index in [-0.39, 0.29) is 12.0 Å². The molecule has 4 heteroatoms. The summed E-state index contributed by atoms with van der Waals surface area (Å²) in [5, 5.41) is 2.91. The van der Waals surface area contributed by atoms with Crippen LogP contribution < -0.4 is 14.8 Å². The van der Waals surface area contributed by atoms with Crippen LogP contribution in [0, 0.1) is 13.8 Å². The van der Waals surface area contributed by atoms with E-state index in [0.29, 0.717) is 12.1 Å². The van der Waals surface area contributed by atoms with Crippen LogP contribution in [-0.2, 0) is 4.79 Å². The van der Waals surface area contributed by atoms with Gasteiger partial charge in [0.1, 0.15) is 11.5 Å². The molecule has 1 N–H and O–H groups in total. The van der Waals surface area contributed by atoms with Gasteiger partial charge in [0.15, 0.2) is 6.10 Å². The average Bonchev–Trinajstić information content (AvgIpc) is 2.53. The molecular formula is C21H27NO3. The van der Waals surface area contributed by atoms with E-state index in [9.17, 15) is 4.79 Å². The molecule has 134 valence electrons. The minimum absolute atomic E-state index is 0.0854. The van der Waals surface area contributed by atoms with Crippen LogP contribution in [0.1, 0.15) is 38.3 Å². The number of ether oxygens (including phenoxy) is 2. The molecule has 0 heterocycles. The van der Waals surface area contributed by atoms with Gasteiger partial charge in [0.05, 0.1) is 6.10 Å². The molecule has 1 atom stereocenters. The molecule has 2 aromatic rings. The van der Waals surface area contributed by atoms with E-state index in [4.69, 9.17) is 9.47 Å². The molecule has 0 bridgehead atoms. The molecule has 0 saturated heterocycles. The number of amides is 1. The third-order valence-corrected chi connectivity index (χ3v) is 3.74. The fourth-order valence-electron chi connectivity index (χ4n) is 2.55. The monoisotopic (exact) mass is 341 g/mol. The zero-order valence-electron chi connectivity index (χ0n) is 15.6. The second-order valence-electron chi connectivity index (χ2n) is 6.47. The van der Waals surface area contributed by atoms with Crippen molar-refractivity contribution in [3.05, 3.63) is 53.6 Å². The van der Waals surface area contributed by atoms with Gasteiger partial charge in [-0.2, -0.15) is 0 Å². The van der Waals surface area contributed by atoms with E-state index in [1.54, 1.807) is 0 Å². The van der Waals surface area contributed by atoms with Gasteiger partial charge >= 0.3 is 0 Å². The fraction of sp³-hybridized carbons (Fsp3) is 0.381. The van der Waals surface area contributed by atoms with Crippen molar-refractivity contribution >= 4 is 11.6 Å². The number of nitrogens with one attached hydrogen (secondary N) is 1.